The maximum atomic E-state index is 6.01. The molecule has 0 spiro atoms. The number of aryl methyl sites for hydroxylation is 1. The Labute approximate surface area is 89.7 Å². The Morgan fingerprint density at radius 2 is 2.27 bits per heavy atom. The van der Waals surface area contributed by atoms with Crippen molar-refractivity contribution < 1.29 is 0 Å². The molecule has 2 aromatic rings. The number of aromatic nitrogens is 2. The minimum atomic E-state index is 0.0303. The van der Waals surface area contributed by atoms with Crippen molar-refractivity contribution in [2.24, 2.45) is 5.73 Å². The number of imidazole rings is 1. The van der Waals surface area contributed by atoms with Gasteiger partial charge in [-0.3, -0.25) is 0 Å². The van der Waals surface area contributed by atoms with Crippen molar-refractivity contribution in [2.75, 3.05) is 0 Å². The fourth-order valence-corrected chi connectivity index (χ4v) is 1.77. The lowest BCUT2D eigenvalue weighted by Crippen LogP contribution is -2.11. The standard InChI is InChI=1S/C12H17N3/c1-3-4-9(13)12-14-10-6-5-8(2)7-11(10)15-12/h5-7,9H,3-4,13H2,1-2H3,(H,14,15). The van der Waals surface area contributed by atoms with E-state index in [4.69, 9.17) is 5.73 Å². The smallest absolute Gasteiger partial charge is 0.124 e. The van der Waals surface area contributed by atoms with Gasteiger partial charge in [0.1, 0.15) is 5.82 Å². The minimum absolute atomic E-state index is 0.0303. The Kier molecular flexibility index (Phi) is 2.73. The molecular weight excluding hydrogens is 186 g/mol. The second kappa shape index (κ2) is 4.03. The molecule has 0 radical (unpaired) electrons. The maximum absolute atomic E-state index is 6.01. The van der Waals surface area contributed by atoms with Crippen LogP contribution >= 0.6 is 0 Å². The predicted octanol–water partition coefficient (Wildman–Crippen LogP) is 2.67. The molecule has 0 aliphatic heterocycles. The van der Waals surface area contributed by atoms with Crippen LogP contribution in [0.4, 0.5) is 0 Å². The fourth-order valence-electron chi connectivity index (χ4n) is 1.77. The van der Waals surface area contributed by atoms with Gasteiger partial charge in [0, 0.05) is 0 Å². The Morgan fingerprint density at radius 1 is 1.47 bits per heavy atom. The zero-order chi connectivity index (χ0) is 10.8. The molecule has 0 bridgehead atoms. The largest absolute Gasteiger partial charge is 0.341 e. The SMILES string of the molecule is CCCC(N)c1nc2ccc(C)cc2[nH]1. The number of hydrogen-bond donors (Lipinski definition) is 2. The van der Waals surface area contributed by atoms with Crippen molar-refractivity contribution in [1.29, 1.82) is 0 Å². The number of H-pyrrole nitrogens is 1. The monoisotopic (exact) mass is 203 g/mol. The molecule has 0 aliphatic carbocycles. The molecule has 0 aliphatic rings. The molecule has 1 aromatic heterocycles. The van der Waals surface area contributed by atoms with Crippen LogP contribution in [0.15, 0.2) is 18.2 Å². The van der Waals surface area contributed by atoms with Gasteiger partial charge in [-0.1, -0.05) is 19.4 Å². The number of nitrogens with two attached hydrogens (primary N) is 1. The van der Waals surface area contributed by atoms with Gasteiger partial charge in [-0.2, -0.15) is 0 Å². The van der Waals surface area contributed by atoms with Gasteiger partial charge in [0.2, 0.25) is 0 Å². The quantitative estimate of drug-likeness (QED) is 0.805. The van der Waals surface area contributed by atoms with Crippen molar-refractivity contribution in [3.63, 3.8) is 0 Å². The summed E-state index contributed by atoms with van der Waals surface area (Å²) >= 11 is 0. The van der Waals surface area contributed by atoms with Gasteiger partial charge < -0.3 is 10.7 Å². The van der Waals surface area contributed by atoms with Gasteiger partial charge in [-0.05, 0) is 31.0 Å². The van der Waals surface area contributed by atoms with E-state index in [1.807, 2.05) is 6.07 Å². The van der Waals surface area contributed by atoms with Gasteiger partial charge in [-0.15, -0.1) is 0 Å². The molecule has 0 fully saturated rings. The average Bonchev–Trinajstić information content (AvgIpc) is 2.60. The molecular formula is C12H17N3. The molecule has 1 atom stereocenters. The van der Waals surface area contributed by atoms with Crippen LogP contribution in [0, 0.1) is 6.92 Å². The summed E-state index contributed by atoms with van der Waals surface area (Å²) in [4.78, 5) is 7.78. The second-order valence-electron chi connectivity index (χ2n) is 4.04. The lowest BCUT2D eigenvalue weighted by Gasteiger charge is -2.04. The third-order valence-corrected chi connectivity index (χ3v) is 2.61. The Hall–Kier alpha value is -1.35. The molecule has 3 nitrogen and oxygen atoms in total. The number of hydrogen-bond acceptors (Lipinski definition) is 2. The van der Waals surface area contributed by atoms with Crippen LogP contribution in [0.5, 0.6) is 0 Å². The normalized spacial score (nSPS) is 13.3. The molecule has 3 N–H and O–H groups in total. The maximum Gasteiger partial charge on any atom is 0.124 e. The zero-order valence-corrected chi connectivity index (χ0v) is 9.25. The van der Waals surface area contributed by atoms with E-state index in [9.17, 15) is 0 Å². The zero-order valence-electron chi connectivity index (χ0n) is 9.25. The fraction of sp³-hybridized carbons (Fsp3) is 0.417. The van der Waals surface area contributed by atoms with Crippen LogP contribution in [-0.2, 0) is 0 Å². The van der Waals surface area contributed by atoms with Crippen LogP contribution in [0.2, 0.25) is 0 Å². The molecule has 1 heterocycles. The van der Waals surface area contributed by atoms with E-state index in [2.05, 4.69) is 35.9 Å². The summed E-state index contributed by atoms with van der Waals surface area (Å²) in [6.45, 7) is 4.21. The van der Waals surface area contributed by atoms with Crippen LogP contribution < -0.4 is 5.73 Å². The predicted molar refractivity (Wildman–Crippen MR) is 62.7 cm³/mol. The van der Waals surface area contributed by atoms with Crippen LogP contribution in [0.3, 0.4) is 0 Å². The highest BCUT2D eigenvalue weighted by atomic mass is 15.0. The van der Waals surface area contributed by atoms with E-state index in [0.29, 0.717) is 0 Å². The van der Waals surface area contributed by atoms with Gasteiger partial charge >= 0.3 is 0 Å². The molecule has 1 aromatic carbocycles. The molecule has 1 unspecified atom stereocenters. The van der Waals surface area contributed by atoms with Crippen molar-refractivity contribution >= 4 is 11.0 Å². The van der Waals surface area contributed by atoms with Gasteiger partial charge in [0.05, 0.1) is 17.1 Å². The minimum Gasteiger partial charge on any atom is -0.341 e. The first kappa shape index (κ1) is 10.2. The van der Waals surface area contributed by atoms with E-state index in [1.165, 1.54) is 5.56 Å². The highest BCUT2D eigenvalue weighted by molar-refractivity contribution is 5.75. The molecule has 0 saturated heterocycles. The Bertz CT molecular complexity index is 459. The third-order valence-electron chi connectivity index (χ3n) is 2.61. The van der Waals surface area contributed by atoms with E-state index in [0.717, 1.165) is 29.7 Å². The lowest BCUT2D eigenvalue weighted by atomic mass is 10.2. The summed E-state index contributed by atoms with van der Waals surface area (Å²) in [5, 5.41) is 0. The number of nitrogens with zero attached hydrogens (tertiary/aromatic N) is 1. The summed E-state index contributed by atoms with van der Waals surface area (Å²) in [5.74, 6) is 0.900. The van der Waals surface area contributed by atoms with Gasteiger partial charge in [-0.25, -0.2) is 4.98 Å². The van der Waals surface area contributed by atoms with E-state index in [1.54, 1.807) is 0 Å². The Balaban J connectivity index is 2.38. The molecule has 2 rings (SSSR count). The average molecular weight is 203 g/mol. The topological polar surface area (TPSA) is 54.7 Å². The van der Waals surface area contributed by atoms with E-state index >= 15 is 0 Å². The van der Waals surface area contributed by atoms with Crippen LogP contribution in [-0.4, -0.2) is 9.97 Å². The summed E-state index contributed by atoms with van der Waals surface area (Å²) < 4.78 is 0. The number of rotatable bonds is 3. The van der Waals surface area contributed by atoms with Crippen LogP contribution in [0.25, 0.3) is 11.0 Å². The highest BCUT2D eigenvalue weighted by Crippen LogP contribution is 2.18. The first-order valence-corrected chi connectivity index (χ1v) is 5.42. The highest BCUT2D eigenvalue weighted by Gasteiger charge is 2.09. The molecule has 80 valence electrons. The first-order valence-electron chi connectivity index (χ1n) is 5.42. The summed E-state index contributed by atoms with van der Waals surface area (Å²) in [5.41, 5.74) is 9.33. The molecule has 15 heavy (non-hydrogen) atoms. The third kappa shape index (κ3) is 2.02. The number of fused-ring (bicyclic) bond motifs is 1. The molecule has 3 heteroatoms. The van der Waals surface area contributed by atoms with E-state index < -0.39 is 0 Å². The molecule has 0 amide bonds. The number of nitrogens with one attached hydrogen (secondary N) is 1. The Morgan fingerprint density at radius 3 is 3.00 bits per heavy atom. The van der Waals surface area contributed by atoms with Crippen molar-refractivity contribution in [1.82, 2.24) is 9.97 Å². The first-order chi connectivity index (χ1) is 7.20. The lowest BCUT2D eigenvalue weighted by molar-refractivity contribution is 0.610. The summed E-state index contributed by atoms with van der Waals surface area (Å²) in [6.07, 6.45) is 2.05. The second-order valence-corrected chi connectivity index (χ2v) is 4.04. The number of aromatic amines is 1. The van der Waals surface area contributed by atoms with Gasteiger partial charge in [0.25, 0.3) is 0 Å². The van der Waals surface area contributed by atoms with E-state index in [-0.39, 0.29) is 6.04 Å². The molecule has 0 saturated carbocycles. The van der Waals surface area contributed by atoms with Crippen molar-refractivity contribution in [2.45, 2.75) is 32.7 Å². The van der Waals surface area contributed by atoms with Crippen molar-refractivity contribution in [3.8, 4) is 0 Å². The number of benzene rings is 1. The summed E-state index contributed by atoms with van der Waals surface area (Å²) in [7, 11) is 0. The van der Waals surface area contributed by atoms with Gasteiger partial charge in [0.15, 0.2) is 0 Å². The summed E-state index contributed by atoms with van der Waals surface area (Å²) in [6, 6.07) is 6.23. The van der Waals surface area contributed by atoms with Crippen LogP contribution in [0.1, 0.15) is 37.2 Å². The van der Waals surface area contributed by atoms with Crippen molar-refractivity contribution in [3.05, 3.63) is 29.6 Å².